The van der Waals surface area contributed by atoms with Crippen LogP contribution in [0.5, 0.6) is 0 Å². The molecule has 1 N–H and O–H groups in total. The Balaban J connectivity index is 2.36. The number of rotatable bonds is 1. The van der Waals surface area contributed by atoms with E-state index in [4.69, 9.17) is 12.2 Å². The van der Waals surface area contributed by atoms with Crippen molar-refractivity contribution in [2.24, 2.45) is 0 Å². The molecule has 1 aliphatic heterocycles. The van der Waals surface area contributed by atoms with Crippen molar-refractivity contribution >= 4 is 56.2 Å². The molecule has 0 atom stereocenters. The smallest absolute Gasteiger partial charge is 0.263 e. The number of halogens is 2. The third kappa shape index (κ3) is 2.50. The van der Waals surface area contributed by atoms with Gasteiger partial charge in [0, 0.05) is 10.0 Å². The summed E-state index contributed by atoms with van der Waals surface area (Å²) < 4.78 is 14.5. The van der Waals surface area contributed by atoms with Gasteiger partial charge in [0.2, 0.25) is 0 Å². The summed E-state index contributed by atoms with van der Waals surface area (Å²) >= 11 is 9.13. The Morgan fingerprint density at radius 3 is 2.81 bits per heavy atom. The van der Waals surface area contributed by atoms with Crippen molar-refractivity contribution in [3.05, 3.63) is 39.0 Å². The molecule has 16 heavy (non-hydrogen) atoms. The second-order valence-electron chi connectivity index (χ2n) is 3.02. The molecule has 0 radical (unpaired) electrons. The van der Waals surface area contributed by atoms with Crippen molar-refractivity contribution in [2.45, 2.75) is 0 Å². The molecule has 1 aliphatic rings. The maximum Gasteiger partial charge on any atom is 0.263 e. The predicted octanol–water partition coefficient (Wildman–Crippen LogP) is 3.08. The highest BCUT2D eigenvalue weighted by atomic mass is 79.9. The highest BCUT2D eigenvalue weighted by molar-refractivity contribution is 9.10. The molecule has 0 bridgehead atoms. The first-order chi connectivity index (χ1) is 7.56. The van der Waals surface area contributed by atoms with Gasteiger partial charge in [-0.25, -0.2) is 4.39 Å². The Labute approximate surface area is 109 Å². The van der Waals surface area contributed by atoms with Gasteiger partial charge in [0.1, 0.15) is 10.1 Å². The zero-order chi connectivity index (χ0) is 11.7. The lowest BCUT2D eigenvalue weighted by Crippen LogP contribution is -2.17. The van der Waals surface area contributed by atoms with Crippen molar-refractivity contribution in [2.75, 3.05) is 0 Å². The van der Waals surface area contributed by atoms with Gasteiger partial charge in [0.15, 0.2) is 0 Å². The molecular weight excluding hydrogens is 313 g/mol. The minimum absolute atomic E-state index is 0.280. The highest BCUT2D eigenvalue weighted by Crippen LogP contribution is 2.27. The van der Waals surface area contributed by atoms with Crippen LogP contribution in [0, 0.1) is 5.82 Å². The van der Waals surface area contributed by atoms with Crippen molar-refractivity contribution < 1.29 is 9.18 Å². The molecule has 0 spiro atoms. The Kier molecular flexibility index (Phi) is 3.41. The topological polar surface area (TPSA) is 29.1 Å². The number of carbonyl (C=O) groups is 1. The maximum atomic E-state index is 13.5. The Hall–Kier alpha value is -0.720. The van der Waals surface area contributed by atoms with Gasteiger partial charge in [-0.3, -0.25) is 4.79 Å². The summed E-state index contributed by atoms with van der Waals surface area (Å²) in [5, 5.41) is 2.47. The van der Waals surface area contributed by atoms with Gasteiger partial charge in [-0.15, -0.1) is 0 Å². The number of thiocarbonyl (C=S) groups is 1. The number of hydrogen-bond acceptors (Lipinski definition) is 3. The summed E-state index contributed by atoms with van der Waals surface area (Å²) in [6.07, 6.45) is 1.49. The summed E-state index contributed by atoms with van der Waals surface area (Å²) in [5.41, 5.74) is 0.366. The van der Waals surface area contributed by atoms with Crippen LogP contribution in [0.4, 0.5) is 4.39 Å². The Morgan fingerprint density at radius 2 is 2.25 bits per heavy atom. The van der Waals surface area contributed by atoms with Gasteiger partial charge in [-0.2, -0.15) is 0 Å². The molecule has 0 aromatic heterocycles. The van der Waals surface area contributed by atoms with E-state index in [0.29, 0.717) is 19.3 Å². The molecule has 6 heteroatoms. The van der Waals surface area contributed by atoms with E-state index in [1.807, 2.05) is 0 Å². The molecule has 82 valence electrons. The normalized spacial score (nSPS) is 18.0. The molecule has 2 rings (SSSR count). The molecule has 0 unspecified atom stereocenters. The van der Waals surface area contributed by atoms with E-state index in [2.05, 4.69) is 21.2 Å². The lowest BCUT2D eigenvalue weighted by molar-refractivity contribution is -0.115. The molecule has 1 aromatic carbocycles. The monoisotopic (exact) mass is 317 g/mol. The van der Waals surface area contributed by atoms with Gasteiger partial charge in [-0.05, 0) is 18.2 Å². The van der Waals surface area contributed by atoms with Gasteiger partial charge in [0.05, 0.1) is 4.91 Å². The second-order valence-corrected chi connectivity index (χ2v) is 5.65. The molecule has 1 fully saturated rings. The van der Waals surface area contributed by atoms with Crippen LogP contribution in [0.1, 0.15) is 5.56 Å². The van der Waals surface area contributed by atoms with Gasteiger partial charge in [-0.1, -0.05) is 46.0 Å². The van der Waals surface area contributed by atoms with Crippen LogP contribution >= 0.6 is 39.9 Å². The van der Waals surface area contributed by atoms with Crippen molar-refractivity contribution in [3.8, 4) is 0 Å². The lowest BCUT2D eigenvalue weighted by Gasteiger charge is -1.98. The van der Waals surface area contributed by atoms with Crippen LogP contribution in [0.15, 0.2) is 27.6 Å². The average Bonchev–Trinajstić information content (AvgIpc) is 2.50. The zero-order valence-corrected chi connectivity index (χ0v) is 11.0. The number of nitrogens with one attached hydrogen (secondary N) is 1. The SMILES string of the molecule is O=C1NC(=S)SC1=Cc1ccc(Br)cc1F. The molecule has 0 saturated carbocycles. The van der Waals surface area contributed by atoms with Crippen LogP contribution < -0.4 is 5.32 Å². The Morgan fingerprint density at radius 1 is 1.50 bits per heavy atom. The van der Waals surface area contributed by atoms with Gasteiger partial charge >= 0.3 is 0 Å². The maximum absolute atomic E-state index is 13.5. The highest BCUT2D eigenvalue weighted by Gasteiger charge is 2.22. The summed E-state index contributed by atoms with van der Waals surface area (Å²) in [6.45, 7) is 0. The fraction of sp³-hybridized carbons (Fsp3) is 0. The number of hydrogen-bond donors (Lipinski definition) is 1. The zero-order valence-electron chi connectivity index (χ0n) is 7.79. The molecule has 1 saturated heterocycles. The van der Waals surface area contributed by atoms with Crippen LogP contribution in [-0.4, -0.2) is 10.2 Å². The molecule has 1 amide bonds. The molecule has 2 nitrogen and oxygen atoms in total. The van der Waals surface area contributed by atoms with Gasteiger partial charge in [0.25, 0.3) is 5.91 Å². The van der Waals surface area contributed by atoms with E-state index < -0.39 is 0 Å². The van der Waals surface area contributed by atoms with E-state index in [1.54, 1.807) is 12.1 Å². The van der Waals surface area contributed by atoms with Crippen molar-refractivity contribution in [1.82, 2.24) is 5.32 Å². The van der Waals surface area contributed by atoms with E-state index in [9.17, 15) is 9.18 Å². The second kappa shape index (κ2) is 4.65. The fourth-order valence-corrected chi connectivity index (χ4v) is 2.55. The lowest BCUT2D eigenvalue weighted by atomic mass is 10.2. The largest absolute Gasteiger partial charge is 0.307 e. The number of benzene rings is 1. The van der Waals surface area contributed by atoms with E-state index in [-0.39, 0.29) is 11.7 Å². The van der Waals surface area contributed by atoms with Crippen molar-refractivity contribution in [1.29, 1.82) is 0 Å². The molecular formula is C10H5BrFNOS2. The first kappa shape index (κ1) is 11.8. The number of thioether (sulfide) groups is 1. The van der Waals surface area contributed by atoms with E-state index in [1.165, 1.54) is 12.1 Å². The minimum atomic E-state index is -0.381. The average molecular weight is 318 g/mol. The van der Waals surface area contributed by atoms with Gasteiger partial charge < -0.3 is 5.32 Å². The van der Waals surface area contributed by atoms with Crippen LogP contribution in [0.2, 0.25) is 0 Å². The molecule has 1 aromatic rings. The summed E-state index contributed by atoms with van der Waals surface area (Å²) in [4.78, 5) is 11.8. The third-order valence-electron chi connectivity index (χ3n) is 1.89. The summed E-state index contributed by atoms with van der Waals surface area (Å²) in [6, 6.07) is 4.66. The van der Waals surface area contributed by atoms with Crippen LogP contribution in [0.25, 0.3) is 6.08 Å². The standard InChI is InChI=1S/C10H5BrFNOS2/c11-6-2-1-5(7(12)4-6)3-8-9(14)13-10(15)16-8/h1-4H,(H,13,14,15). The molecule has 1 heterocycles. The fourth-order valence-electron chi connectivity index (χ4n) is 1.18. The number of carbonyl (C=O) groups excluding carboxylic acids is 1. The van der Waals surface area contributed by atoms with Crippen LogP contribution in [-0.2, 0) is 4.79 Å². The molecule has 0 aliphatic carbocycles. The number of amides is 1. The quantitative estimate of drug-likeness (QED) is 0.637. The predicted molar refractivity (Wildman–Crippen MR) is 70.4 cm³/mol. The van der Waals surface area contributed by atoms with Crippen LogP contribution in [0.3, 0.4) is 0 Å². The van der Waals surface area contributed by atoms with E-state index in [0.717, 1.165) is 11.8 Å². The first-order valence-electron chi connectivity index (χ1n) is 4.26. The minimum Gasteiger partial charge on any atom is -0.307 e. The summed E-state index contributed by atoms with van der Waals surface area (Å²) in [7, 11) is 0. The Bertz CT molecular complexity index is 516. The van der Waals surface area contributed by atoms with E-state index >= 15 is 0 Å². The first-order valence-corrected chi connectivity index (χ1v) is 6.28. The summed E-state index contributed by atoms with van der Waals surface area (Å²) in [5.74, 6) is -0.662. The van der Waals surface area contributed by atoms with Crippen molar-refractivity contribution in [3.63, 3.8) is 0 Å². The third-order valence-corrected chi connectivity index (χ3v) is 3.55.